The fourth-order valence-corrected chi connectivity index (χ4v) is 3.45. The highest BCUT2D eigenvalue weighted by Crippen LogP contribution is 2.31. The third-order valence-corrected chi connectivity index (χ3v) is 4.70. The highest BCUT2D eigenvalue weighted by atomic mass is 35.5. The van der Waals surface area contributed by atoms with Crippen molar-refractivity contribution < 1.29 is 9.53 Å². The van der Waals surface area contributed by atoms with Crippen LogP contribution in [0.5, 0.6) is 5.75 Å². The Kier molecular flexibility index (Phi) is 5.50. The molecule has 1 N–H and O–H groups in total. The predicted molar refractivity (Wildman–Crippen MR) is 93.3 cm³/mol. The molecule has 0 radical (unpaired) electrons. The number of nitrogens with one attached hydrogen (secondary N) is 1. The van der Waals surface area contributed by atoms with Crippen LogP contribution in [-0.4, -0.2) is 64.8 Å². The fraction of sp³-hybridized carbons (Fsp3) is 0.500. The molecule has 1 unspecified atom stereocenters. The Bertz CT molecular complexity index is 734. The van der Waals surface area contributed by atoms with E-state index in [0.717, 1.165) is 32.5 Å². The molecule has 0 aliphatic carbocycles. The average molecular weight is 365 g/mol. The lowest BCUT2D eigenvalue weighted by molar-refractivity contribution is 0.0671. The first-order chi connectivity index (χ1) is 12.1. The Hall–Kier alpha value is -2.19. The maximum Gasteiger partial charge on any atom is 0.257 e. The number of halogens is 1. The third kappa shape index (κ3) is 3.74. The van der Waals surface area contributed by atoms with Crippen molar-refractivity contribution in [2.45, 2.75) is 12.8 Å². The van der Waals surface area contributed by atoms with Crippen molar-refractivity contribution in [3.63, 3.8) is 0 Å². The second kappa shape index (κ2) is 7.79. The van der Waals surface area contributed by atoms with E-state index in [4.69, 9.17) is 16.3 Å². The van der Waals surface area contributed by atoms with Gasteiger partial charge in [-0.05, 0) is 48.8 Å². The minimum absolute atomic E-state index is 0.0668. The van der Waals surface area contributed by atoms with Crippen LogP contribution in [0.25, 0.3) is 5.69 Å². The normalized spacial score (nSPS) is 17.6. The lowest BCUT2D eigenvalue weighted by Crippen LogP contribution is -2.42. The van der Waals surface area contributed by atoms with Crippen LogP contribution in [0.4, 0.5) is 0 Å². The van der Waals surface area contributed by atoms with Gasteiger partial charge < -0.3 is 15.0 Å². The zero-order valence-electron chi connectivity index (χ0n) is 14.3. The smallest absolute Gasteiger partial charge is 0.257 e. The molecule has 3 rings (SSSR count). The number of likely N-dealkylation sites (tertiary alicyclic amines) is 1. The molecule has 0 bridgehead atoms. The van der Waals surface area contributed by atoms with Gasteiger partial charge in [0.2, 0.25) is 0 Å². The van der Waals surface area contributed by atoms with Crippen LogP contribution in [0.3, 0.4) is 0 Å². The zero-order chi connectivity index (χ0) is 17.8. The van der Waals surface area contributed by atoms with Gasteiger partial charge in [-0.15, -0.1) is 5.10 Å². The summed E-state index contributed by atoms with van der Waals surface area (Å²) in [6.45, 7) is 2.38. The highest BCUT2D eigenvalue weighted by Gasteiger charge is 2.27. The molecule has 0 spiro atoms. The molecule has 0 saturated carbocycles. The number of benzene rings is 1. The molecule has 1 aliphatic heterocycles. The Morgan fingerprint density at radius 3 is 3.00 bits per heavy atom. The van der Waals surface area contributed by atoms with Gasteiger partial charge in [-0.3, -0.25) is 4.79 Å². The van der Waals surface area contributed by atoms with E-state index in [-0.39, 0.29) is 5.91 Å². The lowest BCUT2D eigenvalue weighted by Gasteiger charge is -2.33. The van der Waals surface area contributed by atoms with E-state index >= 15 is 0 Å². The van der Waals surface area contributed by atoms with E-state index in [1.54, 1.807) is 12.1 Å². The molecule has 1 aromatic carbocycles. The topological polar surface area (TPSA) is 85.2 Å². The Morgan fingerprint density at radius 1 is 1.48 bits per heavy atom. The number of nitrogens with zero attached hydrogens (tertiary/aromatic N) is 5. The first kappa shape index (κ1) is 17.6. The largest absolute Gasteiger partial charge is 0.496 e. The number of hydrogen-bond donors (Lipinski definition) is 1. The van der Waals surface area contributed by atoms with Gasteiger partial charge in [0, 0.05) is 19.2 Å². The predicted octanol–water partition coefficient (Wildman–Crippen LogP) is 1.40. The Morgan fingerprint density at radius 2 is 2.32 bits per heavy atom. The van der Waals surface area contributed by atoms with Gasteiger partial charge in [-0.2, -0.15) is 4.68 Å². The summed E-state index contributed by atoms with van der Waals surface area (Å²) in [5, 5.41) is 14.6. The molecular weight excluding hydrogens is 344 g/mol. The van der Waals surface area contributed by atoms with Crippen molar-refractivity contribution in [1.29, 1.82) is 0 Å². The number of piperidine rings is 1. The SMILES string of the molecule is CNCC1CCCN(C(=O)c2cc(Cl)c(-n3cnnn3)cc2OC)C1. The van der Waals surface area contributed by atoms with Crippen LogP contribution < -0.4 is 10.1 Å². The fourth-order valence-electron chi connectivity index (χ4n) is 3.20. The number of rotatable bonds is 5. The third-order valence-electron chi connectivity index (χ3n) is 4.39. The molecule has 1 fully saturated rings. The number of aromatic nitrogens is 4. The average Bonchev–Trinajstić information content (AvgIpc) is 3.16. The number of tetrazole rings is 1. The molecule has 1 amide bonds. The highest BCUT2D eigenvalue weighted by molar-refractivity contribution is 6.33. The summed E-state index contributed by atoms with van der Waals surface area (Å²) >= 11 is 6.36. The van der Waals surface area contributed by atoms with E-state index < -0.39 is 0 Å². The second-order valence-corrected chi connectivity index (χ2v) is 6.48. The van der Waals surface area contributed by atoms with Gasteiger partial charge in [0.05, 0.1) is 23.4 Å². The van der Waals surface area contributed by atoms with E-state index in [0.29, 0.717) is 27.9 Å². The first-order valence-electron chi connectivity index (χ1n) is 8.18. The van der Waals surface area contributed by atoms with Crippen LogP contribution in [0.15, 0.2) is 18.5 Å². The first-order valence-corrected chi connectivity index (χ1v) is 8.56. The maximum absolute atomic E-state index is 13.0. The van der Waals surface area contributed by atoms with Crippen LogP contribution in [0.1, 0.15) is 23.2 Å². The summed E-state index contributed by atoms with van der Waals surface area (Å²) in [6, 6.07) is 3.31. The molecule has 8 nitrogen and oxygen atoms in total. The van der Waals surface area contributed by atoms with Crippen molar-refractivity contribution >= 4 is 17.5 Å². The number of carbonyl (C=O) groups excluding carboxylic acids is 1. The number of methoxy groups -OCH3 is 1. The molecule has 1 aromatic heterocycles. The summed E-state index contributed by atoms with van der Waals surface area (Å²) in [5.74, 6) is 0.850. The second-order valence-electron chi connectivity index (χ2n) is 6.08. The van der Waals surface area contributed by atoms with Gasteiger partial charge >= 0.3 is 0 Å². The Labute approximate surface area is 151 Å². The van der Waals surface area contributed by atoms with Gasteiger partial charge in [0.15, 0.2) is 0 Å². The van der Waals surface area contributed by atoms with Crippen molar-refractivity contribution in [2.24, 2.45) is 5.92 Å². The van der Waals surface area contributed by atoms with Crippen molar-refractivity contribution in [1.82, 2.24) is 30.4 Å². The maximum atomic E-state index is 13.0. The van der Waals surface area contributed by atoms with Gasteiger partial charge in [0.25, 0.3) is 5.91 Å². The summed E-state index contributed by atoms with van der Waals surface area (Å²) in [4.78, 5) is 14.9. The van der Waals surface area contributed by atoms with E-state index in [1.165, 1.54) is 18.1 Å². The number of hydrogen-bond acceptors (Lipinski definition) is 6. The Balaban J connectivity index is 1.88. The molecule has 134 valence electrons. The molecule has 2 heterocycles. The zero-order valence-corrected chi connectivity index (χ0v) is 15.0. The number of amides is 1. The van der Waals surface area contributed by atoms with Crippen LogP contribution in [0, 0.1) is 5.92 Å². The van der Waals surface area contributed by atoms with Crippen LogP contribution in [0.2, 0.25) is 5.02 Å². The van der Waals surface area contributed by atoms with Crippen molar-refractivity contribution in [2.75, 3.05) is 33.8 Å². The van der Waals surface area contributed by atoms with Gasteiger partial charge in [0.1, 0.15) is 12.1 Å². The standard InChI is InChI=1S/C16H21ClN6O2/c1-18-8-11-4-3-5-22(9-11)16(24)12-6-13(17)14(7-15(12)25-2)23-10-19-20-21-23/h6-7,10-11,18H,3-5,8-9H2,1-2H3. The van der Waals surface area contributed by atoms with Crippen LogP contribution in [-0.2, 0) is 0 Å². The van der Waals surface area contributed by atoms with Crippen LogP contribution >= 0.6 is 11.6 Å². The molecule has 1 atom stereocenters. The summed E-state index contributed by atoms with van der Waals surface area (Å²) in [5.41, 5.74) is 1.02. The van der Waals surface area contributed by atoms with E-state index in [2.05, 4.69) is 20.8 Å². The van der Waals surface area contributed by atoms with E-state index in [1.807, 2.05) is 11.9 Å². The summed E-state index contributed by atoms with van der Waals surface area (Å²) in [7, 11) is 3.46. The van der Waals surface area contributed by atoms with Gasteiger partial charge in [-0.1, -0.05) is 11.6 Å². The lowest BCUT2D eigenvalue weighted by atomic mass is 9.97. The minimum Gasteiger partial charge on any atom is -0.496 e. The monoisotopic (exact) mass is 364 g/mol. The molecule has 2 aromatic rings. The molecule has 1 aliphatic rings. The van der Waals surface area contributed by atoms with E-state index in [9.17, 15) is 4.79 Å². The van der Waals surface area contributed by atoms with Crippen molar-refractivity contribution in [3.05, 3.63) is 29.0 Å². The van der Waals surface area contributed by atoms with Crippen molar-refractivity contribution in [3.8, 4) is 11.4 Å². The quantitative estimate of drug-likeness (QED) is 0.863. The summed E-state index contributed by atoms with van der Waals surface area (Å²) < 4.78 is 6.86. The molecule has 9 heteroatoms. The summed E-state index contributed by atoms with van der Waals surface area (Å²) in [6.07, 6.45) is 3.56. The number of ether oxygens (including phenoxy) is 1. The molecular formula is C16H21ClN6O2. The van der Waals surface area contributed by atoms with Gasteiger partial charge in [-0.25, -0.2) is 0 Å². The number of carbonyl (C=O) groups is 1. The molecule has 1 saturated heterocycles. The molecule has 25 heavy (non-hydrogen) atoms. The minimum atomic E-state index is -0.0668.